The van der Waals surface area contributed by atoms with Gasteiger partial charge in [-0.05, 0) is 56.5 Å². The van der Waals surface area contributed by atoms with Crippen molar-refractivity contribution in [3.63, 3.8) is 0 Å². The zero-order chi connectivity index (χ0) is 10.7. The quantitative estimate of drug-likeness (QED) is 0.908. The summed E-state index contributed by atoms with van der Waals surface area (Å²) < 4.78 is 1.80. The second kappa shape index (κ2) is 4.92. The average Bonchev–Trinajstić information content (AvgIpc) is 2.20. The van der Waals surface area contributed by atoms with Gasteiger partial charge in [-0.2, -0.15) is 5.26 Å². The molecular formula is C10H9Br2NO. The molecule has 0 spiro atoms. The molecule has 0 aliphatic heterocycles. The van der Waals surface area contributed by atoms with Crippen LogP contribution in [0.5, 0.6) is 0 Å². The van der Waals surface area contributed by atoms with Gasteiger partial charge in [-0.15, -0.1) is 0 Å². The number of hydrogen-bond acceptors (Lipinski definition) is 2. The van der Waals surface area contributed by atoms with Gasteiger partial charge in [0, 0.05) is 8.95 Å². The second-order valence-corrected chi connectivity index (χ2v) is 4.74. The Balaban J connectivity index is 2.98. The molecule has 0 fully saturated rings. The first-order chi connectivity index (χ1) is 6.56. The lowest BCUT2D eigenvalue weighted by atomic mass is 9.99. The van der Waals surface area contributed by atoms with Crippen molar-refractivity contribution in [2.45, 2.75) is 13.0 Å². The van der Waals surface area contributed by atoms with E-state index in [1.807, 2.05) is 18.2 Å². The molecule has 0 aliphatic rings. The Morgan fingerprint density at radius 3 is 2.50 bits per heavy atom. The van der Waals surface area contributed by atoms with Gasteiger partial charge in [0.25, 0.3) is 0 Å². The van der Waals surface area contributed by atoms with Crippen LogP contribution >= 0.6 is 31.9 Å². The van der Waals surface area contributed by atoms with Crippen LogP contribution in [0.15, 0.2) is 27.1 Å². The average molecular weight is 319 g/mol. The standard InChI is InChI=1S/C10H9Br2NO/c1-6(5-13)10(14)7-2-3-8(11)9(12)4-7/h2-4,6,10,14H,1H3. The van der Waals surface area contributed by atoms with E-state index in [1.54, 1.807) is 13.0 Å². The summed E-state index contributed by atoms with van der Waals surface area (Å²) in [5.41, 5.74) is 0.745. The Bertz CT molecular complexity index is 373. The van der Waals surface area contributed by atoms with Crippen LogP contribution in [0.2, 0.25) is 0 Å². The number of benzene rings is 1. The monoisotopic (exact) mass is 317 g/mol. The Kier molecular flexibility index (Phi) is 4.11. The number of hydrogen-bond donors (Lipinski definition) is 1. The van der Waals surface area contributed by atoms with Gasteiger partial charge in [-0.1, -0.05) is 6.07 Å². The molecule has 1 aromatic carbocycles. The fraction of sp³-hybridized carbons (Fsp3) is 0.300. The third-order valence-electron chi connectivity index (χ3n) is 1.96. The molecule has 74 valence electrons. The number of rotatable bonds is 2. The van der Waals surface area contributed by atoms with Crippen molar-refractivity contribution >= 4 is 31.9 Å². The van der Waals surface area contributed by atoms with E-state index in [2.05, 4.69) is 31.9 Å². The lowest BCUT2D eigenvalue weighted by molar-refractivity contribution is 0.142. The first-order valence-corrected chi connectivity index (χ1v) is 5.67. The third-order valence-corrected chi connectivity index (χ3v) is 3.84. The van der Waals surface area contributed by atoms with E-state index in [1.165, 1.54) is 0 Å². The fourth-order valence-corrected chi connectivity index (χ4v) is 1.70. The molecule has 0 radical (unpaired) electrons. The van der Waals surface area contributed by atoms with Gasteiger partial charge in [0.05, 0.1) is 18.1 Å². The summed E-state index contributed by atoms with van der Waals surface area (Å²) in [5.74, 6) is -0.400. The van der Waals surface area contributed by atoms with Crippen molar-refractivity contribution < 1.29 is 5.11 Å². The molecule has 0 bridgehead atoms. The summed E-state index contributed by atoms with van der Waals surface area (Å²) in [6.45, 7) is 1.70. The summed E-state index contributed by atoms with van der Waals surface area (Å²) >= 11 is 6.68. The summed E-state index contributed by atoms with van der Waals surface area (Å²) in [6, 6.07) is 7.47. The number of aliphatic hydroxyl groups is 1. The lowest BCUT2D eigenvalue weighted by Crippen LogP contribution is -2.06. The van der Waals surface area contributed by atoms with Crippen molar-refractivity contribution in [3.8, 4) is 6.07 Å². The van der Waals surface area contributed by atoms with Gasteiger partial charge in [-0.25, -0.2) is 0 Å². The van der Waals surface area contributed by atoms with Crippen LogP contribution in [-0.4, -0.2) is 5.11 Å². The molecule has 0 heterocycles. The highest BCUT2D eigenvalue weighted by atomic mass is 79.9. The van der Waals surface area contributed by atoms with Crippen LogP contribution in [-0.2, 0) is 0 Å². The first kappa shape index (κ1) is 11.7. The zero-order valence-corrected chi connectivity index (χ0v) is 10.7. The molecule has 0 saturated heterocycles. The largest absolute Gasteiger partial charge is 0.387 e. The van der Waals surface area contributed by atoms with Gasteiger partial charge in [0.15, 0.2) is 0 Å². The van der Waals surface area contributed by atoms with E-state index in [4.69, 9.17) is 5.26 Å². The van der Waals surface area contributed by atoms with Crippen LogP contribution in [0.1, 0.15) is 18.6 Å². The SMILES string of the molecule is CC(C#N)C(O)c1ccc(Br)c(Br)c1. The van der Waals surface area contributed by atoms with Crippen molar-refractivity contribution in [3.05, 3.63) is 32.7 Å². The molecule has 0 amide bonds. The highest BCUT2D eigenvalue weighted by Gasteiger charge is 2.16. The van der Waals surface area contributed by atoms with Crippen LogP contribution in [0, 0.1) is 17.2 Å². The summed E-state index contributed by atoms with van der Waals surface area (Å²) in [4.78, 5) is 0. The predicted molar refractivity (Wildman–Crippen MR) is 61.6 cm³/mol. The lowest BCUT2D eigenvalue weighted by Gasteiger charge is -2.13. The summed E-state index contributed by atoms with van der Waals surface area (Å²) in [6.07, 6.45) is -0.732. The topological polar surface area (TPSA) is 44.0 Å². The van der Waals surface area contributed by atoms with Crippen LogP contribution in [0.4, 0.5) is 0 Å². The summed E-state index contributed by atoms with van der Waals surface area (Å²) in [5, 5.41) is 18.4. The highest BCUT2D eigenvalue weighted by molar-refractivity contribution is 9.13. The van der Waals surface area contributed by atoms with Crippen LogP contribution in [0.3, 0.4) is 0 Å². The smallest absolute Gasteiger partial charge is 0.0945 e. The maximum atomic E-state index is 9.75. The van der Waals surface area contributed by atoms with Gasteiger partial charge < -0.3 is 5.11 Å². The van der Waals surface area contributed by atoms with E-state index in [9.17, 15) is 5.11 Å². The molecule has 2 atom stereocenters. The Labute approximate surface area is 99.8 Å². The van der Waals surface area contributed by atoms with Crippen molar-refractivity contribution in [1.82, 2.24) is 0 Å². The van der Waals surface area contributed by atoms with E-state index in [0.717, 1.165) is 14.5 Å². The molecule has 0 aliphatic carbocycles. The van der Waals surface area contributed by atoms with E-state index >= 15 is 0 Å². The highest BCUT2D eigenvalue weighted by Crippen LogP contribution is 2.29. The number of aliphatic hydroxyl groups excluding tert-OH is 1. The minimum Gasteiger partial charge on any atom is -0.387 e. The van der Waals surface area contributed by atoms with Crippen molar-refractivity contribution in [2.75, 3.05) is 0 Å². The van der Waals surface area contributed by atoms with E-state index in [-0.39, 0.29) is 0 Å². The zero-order valence-electron chi connectivity index (χ0n) is 7.54. The molecule has 1 N–H and O–H groups in total. The minimum absolute atomic E-state index is 0.400. The first-order valence-electron chi connectivity index (χ1n) is 4.09. The van der Waals surface area contributed by atoms with Gasteiger partial charge >= 0.3 is 0 Å². The van der Waals surface area contributed by atoms with Gasteiger partial charge in [-0.3, -0.25) is 0 Å². The van der Waals surface area contributed by atoms with E-state index in [0.29, 0.717) is 0 Å². The molecule has 4 heteroatoms. The van der Waals surface area contributed by atoms with Gasteiger partial charge in [0.2, 0.25) is 0 Å². The normalized spacial score (nSPS) is 14.5. The maximum absolute atomic E-state index is 9.75. The minimum atomic E-state index is -0.732. The van der Waals surface area contributed by atoms with Crippen molar-refractivity contribution in [1.29, 1.82) is 5.26 Å². The van der Waals surface area contributed by atoms with Crippen LogP contribution in [0.25, 0.3) is 0 Å². The Morgan fingerprint density at radius 1 is 1.36 bits per heavy atom. The molecular weight excluding hydrogens is 310 g/mol. The van der Waals surface area contributed by atoms with Crippen LogP contribution < -0.4 is 0 Å². The molecule has 1 rings (SSSR count). The summed E-state index contributed by atoms with van der Waals surface area (Å²) in [7, 11) is 0. The fourth-order valence-electron chi connectivity index (χ4n) is 1.06. The molecule has 2 nitrogen and oxygen atoms in total. The third kappa shape index (κ3) is 2.57. The molecule has 2 unspecified atom stereocenters. The predicted octanol–water partition coefficient (Wildman–Crippen LogP) is 3.40. The van der Waals surface area contributed by atoms with Gasteiger partial charge in [0.1, 0.15) is 0 Å². The molecule has 14 heavy (non-hydrogen) atoms. The Morgan fingerprint density at radius 2 is 2.00 bits per heavy atom. The number of nitriles is 1. The van der Waals surface area contributed by atoms with Crippen molar-refractivity contribution in [2.24, 2.45) is 5.92 Å². The molecule has 0 aromatic heterocycles. The Hall–Kier alpha value is -0.370. The second-order valence-electron chi connectivity index (χ2n) is 3.04. The number of nitrogens with zero attached hydrogens (tertiary/aromatic N) is 1. The maximum Gasteiger partial charge on any atom is 0.0945 e. The van der Waals surface area contributed by atoms with E-state index < -0.39 is 12.0 Å². The molecule has 1 aromatic rings. The number of halogens is 2. The molecule has 0 saturated carbocycles.